The maximum Gasteiger partial charge on any atom is 0.315 e. The fraction of sp³-hybridized carbons (Fsp3) is 0.474. The van der Waals surface area contributed by atoms with Crippen LogP contribution in [0.1, 0.15) is 41.8 Å². The lowest BCUT2D eigenvalue weighted by Crippen LogP contribution is -2.38. The molecule has 1 aromatic heterocycles. The predicted molar refractivity (Wildman–Crippen MR) is 94.1 cm³/mol. The summed E-state index contributed by atoms with van der Waals surface area (Å²) < 4.78 is 11.0. The number of carbonyl (C=O) groups excluding carboxylic acids is 1. The van der Waals surface area contributed by atoms with Crippen LogP contribution in [-0.2, 0) is 11.3 Å². The molecule has 3 rings (SSSR count). The Morgan fingerprint density at radius 2 is 2.12 bits per heavy atom. The van der Waals surface area contributed by atoms with Crippen LogP contribution in [-0.4, -0.2) is 24.2 Å². The second kappa shape index (κ2) is 8.16. The molecule has 2 N–H and O–H groups in total. The molecule has 0 spiro atoms. The third kappa shape index (κ3) is 4.82. The molecule has 25 heavy (non-hydrogen) atoms. The summed E-state index contributed by atoms with van der Waals surface area (Å²) >= 11 is 0. The number of nitrogens with one attached hydrogen (secondary N) is 2. The van der Waals surface area contributed by atoms with Gasteiger partial charge in [0.1, 0.15) is 5.76 Å². The fourth-order valence-corrected chi connectivity index (χ4v) is 3.05. The van der Waals surface area contributed by atoms with E-state index in [0.29, 0.717) is 11.8 Å². The zero-order valence-electron chi connectivity index (χ0n) is 14.7. The van der Waals surface area contributed by atoms with Crippen molar-refractivity contribution in [3.05, 3.63) is 53.2 Å². The van der Waals surface area contributed by atoms with Gasteiger partial charge in [0, 0.05) is 13.2 Å². The molecule has 0 unspecified atom stereocenters. The first-order valence-electron chi connectivity index (χ1n) is 8.72. The van der Waals surface area contributed by atoms with Crippen LogP contribution in [0.3, 0.4) is 0 Å². The van der Waals surface area contributed by atoms with Crippen LogP contribution < -0.4 is 10.6 Å². The Kier molecular flexibility index (Phi) is 5.71. The second-order valence-corrected chi connectivity index (χ2v) is 6.50. The number of aryl methyl sites for hydroxylation is 2. The summed E-state index contributed by atoms with van der Waals surface area (Å²) in [4.78, 5) is 16.6. The largest absolute Gasteiger partial charge is 0.444 e. The number of urea groups is 1. The van der Waals surface area contributed by atoms with E-state index in [1.54, 1.807) is 0 Å². The summed E-state index contributed by atoms with van der Waals surface area (Å²) in [6.45, 7) is 5.59. The normalized spacial score (nSPS) is 18.1. The lowest BCUT2D eigenvalue weighted by atomic mass is 9.94. The molecule has 1 saturated heterocycles. The minimum Gasteiger partial charge on any atom is -0.444 e. The SMILES string of the molecule is Cc1nc(CNC(=O)N[C@@H](C[C@@H]2CCOC2)c2ccccc2)oc1C. The number of aromatic nitrogens is 1. The number of oxazole rings is 1. The van der Waals surface area contributed by atoms with Crippen molar-refractivity contribution in [2.24, 2.45) is 5.92 Å². The van der Waals surface area contributed by atoms with E-state index in [9.17, 15) is 4.79 Å². The first-order valence-corrected chi connectivity index (χ1v) is 8.72. The van der Waals surface area contributed by atoms with Crippen LogP contribution >= 0.6 is 0 Å². The van der Waals surface area contributed by atoms with Crippen LogP contribution in [0.5, 0.6) is 0 Å². The maximum absolute atomic E-state index is 12.3. The van der Waals surface area contributed by atoms with Gasteiger partial charge in [0.2, 0.25) is 5.89 Å². The molecule has 1 aliphatic rings. The lowest BCUT2D eigenvalue weighted by Gasteiger charge is -2.22. The van der Waals surface area contributed by atoms with Crippen molar-refractivity contribution < 1.29 is 13.9 Å². The number of nitrogens with zero attached hydrogens (tertiary/aromatic N) is 1. The van der Waals surface area contributed by atoms with Crippen molar-refractivity contribution >= 4 is 6.03 Å². The quantitative estimate of drug-likeness (QED) is 0.844. The van der Waals surface area contributed by atoms with Gasteiger partial charge in [-0.2, -0.15) is 0 Å². The Hall–Kier alpha value is -2.34. The van der Waals surface area contributed by atoms with Crippen molar-refractivity contribution in [2.75, 3.05) is 13.2 Å². The Bertz CT molecular complexity index is 674. The summed E-state index contributed by atoms with van der Waals surface area (Å²) in [6.07, 6.45) is 1.91. The molecule has 2 amide bonds. The number of amides is 2. The number of carbonyl (C=O) groups is 1. The van der Waals surface area contributed by atoms with Crippen LogP contribution in [0.2, 0.25) is 0 Å². The van der Waals surface area contributed by atoms with Gasteiger partial charge in [0.15, 0.2) is 0 Å². The van der Waals surface area contributed by atoms with Crippen molar-refractivity contribution in [1.82, 2.24) is 15.6 Å². The molecule has 0 saturated carbocycles. The van der Waals surface area contributed by atoms with Crippen molar-refractivity contribution in [3.8, 4) is 0 Å². The topological polar surface area (TPSA) is 76.4 Å². The van der Waals surface area contributed by atoms with E-state index in [1.807, 2.05) is 44.2 Å². The smallest absolute Gasteiger partial charge is 0.315 e. The Morgan fingerprint density at radius 3 is 2.76 bits per heavy atom. The molecule has 2 heterocycles. The molecule has 6 nitrogen and oxygen atoms in total. The van der Waals surface area contributed by atoms with Gasteiger partial charge in [-0.05, 0) is 38.2 Å². The molecule has 2 aromatic rings. The van der Waals surface area contributed by atoms with Crippen LogP contribution in [0.4, 0.5) is 4.79 Å². The molecule has 0 aliphatic carbocycles. The molecule has 1 aliphatic heterocycles. The minimum atomic E-state index is -0.221. The van der Waals surface area contributed by atoms with Gasteiger partial charge in [-0.3, -0.25) is 0 Å². The Balaban J connectivity index is 1.59. The lowest BCUT2D eigenvalue weighted by molar-refractivity contribution is 0.181. The average molecular weight is 343 g/mol. The molecule has 0 bridgehead atoms. The van der Waals surface area contributed by atoms with E-state index in [2.05, 4.69) is 15.6 Å². The highest BCUT2D eigenvalue weighted by molar-refractivity contribution is 5.74. The first-order chi connectivity index (χ1) is 12.1. The number of benzene rings is 1. The molecule has 1 fully saturated rings. The van der Waals surface area contributed by atoms with E-state index < -0.39 is 0 Å². The van der Waals surface area contributed by atoms with Crippen molar-refractivity contribution in [1.29, 1.82) is 0 Å². The maximum atomic E-state index is 12.3. The number of hydrogen-bond acceptors (Lipinski definition) is 4. The van der Waals surface area contributed by atoms with Crippen LogP contribution in [0, 0.1) is 19.8 Å². The van der Waals surface area contributed by atoms with E-state index in [-0.39, 0.29) is 18.6 Å². The van der Waals surface area contributed by atoms with Gasteiger partial charge < -0.3 is 19.8 Å². The standard InChI is InChI=1S/C19H25N3O3/c1-13-14(2)25-18(21-13)11-20-19(23)22-17(10-15-8-9-24-12-15)16-6-4-3-5-7-16/h3-7,15,17H,8-12H2,1-2H3,(H2,20,22,23)/t15-,17-/m0/s1. The molecule has 1 aromatic carbocycles. The highest BCUT2D eigenvalue weighted by atomic mass is 16.5. The fourth-order valence-electron chi connectivity index (χ4n) is 3.05. The number of ether oxygens (including phenoxy) is 1. The molecule has 2 atom stereocenters. The van der Waals surface area contributed by atoms with Crippen molar-refractivity contribution in [2.45, 2.75) is 39.3 Å². The minimum absolute atomic E-state index is 0.0408. The first kappa shape index (κ1) is 17.5. The van der Waals surface area contributed by atoms with Gasteiger partial charge >= 0.3 is 6.03 Å². The highest BCUT2D eigenvalue weighted by Gasteiger charge is 2.23. The second-order valence-electron chi connectivity index (χ2n) is 6.50. The van der Waals surface area contributed by atoms with Crippen LogP contribution in [0.15, 0.2) is 34.7 Å². The van der Waals surface area contributed by atoms with E-state index in [1.165, 1.54) is 0 Å². The predicted octanol–water partition coefficient (Wildman–Crippen LogP) is 3.26. The molecular formula is C19H25N3O3. The van der Waals surface area contributed by atoms with Gasteiger partial charge in [-0.25, -0.2) is 9.78 Å². The summed E-state index contributed by atoms with van der Waals surface area (Å²) in [5.74, 6) is 1.77. The summed E-state index contributed by atoms with van der Waals surface area (Å²) in [5, 5.41) is 5.90. The zero-order valence-corrected chi connectivity index (χ0v) is 14.7. The summed E-state index contributed by atoms with van der Waals surface area (Å²) in [7, 11) is 0. The van der Waals surface area contributed by atoms with E-state index in [4.69, 9.17) is 9.15 Å². The Labute approximate surface area is 148 Å². The Morgan fingerprint density at radius 1 is 1.32 bits per heavy atom. The summed E-state index contributed by atoms with van der Waals surface area (Å²) in [6, 6.07) is 9.79. The van der Waals surface area contributed by atoms with Gasteiger partial charge in [0.25, 0.3) is 0 Å². The molecule has 0 radical (unpaired) electrons. The van der Waals surface area contributed by atoms with Crippen LogP contribution in [0.25, 0.3) is 0 Å². The third-order valence-corrected chi connectivity index (χ3v) is 4.57. The number of hydrogen-bond donors (Lipinski definition) is 2. The molecule has 6 heteroatoms. The average Bonchev–Trinajstić information content (AvgIpc) is 3.23. The zero-order chi connectivity index (χ0) is 17.6. The number of rotatable bonds is 6. The van der Waals surface area contributed by atoms with Gasteiger partial charge in [0.05, 0.1) is 18.3 Å². The monoisotopic (exact) mass is 343 g/mol. The van der Waals surface area contributed by atoms with E-state index in [0.717, 1.165) is 43.1 Å². The highest BCUT2D eigenvalue weighted by Crippen LogP contribution is 2.26. The summed E-state index contributed by atoms with van der Waals surface area (Å²) in [5.41, 5.74) is 1.95. The van der Waals surface area contributed by atoms with Crippen molar-refractivity contribution in [3.63, 3.8) is 0 Å². The third-order valence-electron chi connectivity index (χ3n) is 4.57. The molecular weight excluding hydrogens is 318 g/mol. The van der Waals surface area contributed by atoms with E-state index >= 15 is 0 Å². The van der Waals surface area contributed by atoms with Gasteiger partial charge in [-0.15, -0.1) is 0 Å². The van der Waals surface area contributed by atoms with Gasteiger partial charge in [-0.1, -0.05) is 30.3 Å². The molecule has 134 valence electrons.